The zero-order chi connectivity index (χ0) is 19.8. The molecule has 1 unspecified atom stereocenters. The third-order valence-corrected chi connectivity index (χ3v) is 6.72. The van der Waals surface area contributed by atoms with E-state index >= 15 is 0 Å². The predicted octanol–water partition coefficient (Wildman–Crippen LogP) is 2.01. The standard InChI is InChI=1S/C18H25FN4O3S/c1-13(2)23-17(20-21(3)18(23)24)15-5-4-10-22(11-15)27(25,26)12-14-6-8-16(19)9-7-14/h6-9,13,15H,4-5,10-12H2,1-3H3. The molecule has 1 aliphatic heterocycles. The minimum Gasteiger partial charge on any atom is -0.276 e. The van der Waals surface area contributed by atoms with Crippen LogP contribution in [0, 0.1) is 5.82 Å². The van der Waals surface area contributed by atoms with Gasteiger partial charge in [0, 0.05) is 32.1 Å². The van der Waals surface area contributed by atoms with Crippen molar-refractivity contribution >= 4 is 10.0 Å². The molecule has 1 saturated heterocycles. The molecule has 1 aromatic heterocycles. The van der Waals surface area contributed by atoms with Gasteiger partial charge >= 0.3 is 5.69 Å². The second-order valence-electron chi connectivity index (χ2n) is 7.31. The average Bonchev–Trinajstić information content (AvgIpc) is 2.92. The number of aromatic nitrogens is 3. The molecular formula is C18H25FN4O3S. The average molecular weight is 396 g/mol. The first kappa shape index (κ1) is 19.8. The molecule has 0 aliphatic carbocycles. The van der Waals surface area contributed by atoms with E-state index in [1.54, 1.807) is 11.6 Å². The number of hydrogen-bond donors (Lipinski definition) is 0. The van der Waals surface area contributed by atoms with Gasteiger partial charge in [0.2, 0.25) is 10.0 Å². The summed E-state index contributed by atoms with van der Waals surface area (Å²) in [5.74, 6) is -0.0487. The summed E-state index contributed by atoms with van der Waals surface area (Å²) in [6.07, 6.45) is 1.49. The molecule has 0 amide bonds. The number of halogens is 1. The molecule has 0 radical (unpaired) electrons. The second-order valence-corrected chi connectivity index (χ2v) is 9.28. The molecule has 0 bridgehead atoms. The molecule has 1 aliphatic rings. The molecule has 148 valence electrons. The molecule has 9 heteroatoms. The smallest absolute Gasteiger partial charge is 0.276 e. The lowest BCUT2D eigenvalue weighted by molar-refractivity contribution is 0.301. The Kier molecular flexibility index (Phi) is 5.53. The third kappa shape index (κ3) is 4.14. The maximum absolute atomic E-state index is 13.1. The van der Waals surface area contributed by atoms with Gasteiger partial charge in [-0.25, -0.2) is 26.6 Å². The highest BCUT2D eigenvalue weighted by Gasteiger charge is 2.33. The van der Waals surface area contributed by atoms with Crippen LogP contribution in [0.4, 0.5) is 4.39 Å². The molecule has 3 rings (SSSR count). The van der Waals surface area contributed by atoms with Gasteiger partial charge in [0.05, 0.1) is 5.75 Å². The Morgan fingerprint density at radius 2 is 1.93 bits per heavy atom. The summed E-state index contributed by atoms with van der Waals surface area (Å²) in [6, 6.07) is 5.46. The van der Waals surface area contributed by atoms with E-state index in [4.69, 9.17) is 0 Å². The number of nitrogens with zero attached hydrogens (tertiary/aromatic N) is 4. The lowest BCUT2D eigenvalue weighted by Crippen LogP contribution is -2.40. The molecule has 1 atom stereocenters. The van der Waals surface area contributed by atoms with E-state index in [0.29, 0.717) is 30.9 Å². The fraction of sp³-hybridized carbons (Fsp3) is 0.556. The maximum Gasteiger partial charge on any atom is 0.345 e. The Balaban J connectivity index is 1.83. The molecule has 0 spiro atoms. The fourth-order valence-electron chi connectivity index (χ4n) is 3.55. The Hall–Kier alpha value is -2.00. The van der Waals surface area contributed by atoms with Crippen molar-refractivity contribution in [3.05, 3.63) is 52.0 Å². The SMILES string of the molecule is CC(C)n1c(C2CCCN(S(=O)(=O)Cc3ccc(F)cc3)C2)nn(C)c1=O. The van der Waals surface area contributed by atoms with Crippen LogP contribution < -0.4 is 5.69 Å². The van der Waals surface area contributed by atoms with E-state index in [2.05, 4.69) is 5.10 Å². The van der Waals surface area contributed by atoms with Crippen LogP contribution in [0.15, 0.2) is 29.1 Å². The molecule has 0 saturated carbocycles. The van der Waals surface area contributed by atoms with Crippen molar-refractivity contribution in [3.63, 3.8) is 0 Å². The van der Waals surface area contributed by atoms with Crippen LogP contribution in [-0.4, -0.2) is 40.2 Å². The Labute approximate surface area is 158 Å². The van der Waals surface area contributed by atoms with Gasteiger partial charge in [-0.2, -0.15) is 5.10 Å². The highest BCUT2D eigenvalue weighted by atomic mass is 32.2. The molecular weight excluding hydrogens is 371 g/mol. The van der Waals surface area contributed by atoms with Gasteiger partial charge in [0.25, 0.3) is 0 Å². The molecule has 0 N–H and O–H groups in total. The summed E-state index contributed by atoms with van der Waals surface area (Å²) in [5.41, 5.74) is 0.363. The van der Waals surface area contributed by atoms with E-state index in [1.165, 1.54) is 33.3 Å². The van der Waals surface area contributed by atoms with Crippen molar-refractivity contribution < 1.29 is 12.8 Å². The predicted molar refractivity (Wildman–Crippen MR) is 100 cm³/mol. The fourth-order valence-corrected chi connectivity index (χ4v) is 5.16. The van der Waals surface area contributed by atoms with Crippen LogP contribution >= 0.6 is 0 Å². The minimum absolute atomic E-state index is 0.0487. The normalized spacial score (nSPS) is 18.9. The summed E-state index contributed by atoms with van der Waals surface area (Å²) in [5, 5.41) is 4.37. The van der Waals surface area contributed by atoms with Gasteiger partial charge in [-0.05, 0) is 44.4 Å². The third-order valence-electron chi connectivity index (χ3n) is 4.90. The summed E-state index contributed by atoms with van der Waals surface area (Å²) < 4.78 is 43.2. The van der Waals surface area contributed by atoms with Gasteiger partial charge in [-0.1, -0.05) is 12.1 Å². The van der Waals surface area contributed by atoms with Crippen molar-refractivity contribution in [1.82, 2.24) is 18.7 Å². The monoisotopic (exact) mass is 396 g/mol. The van der Waals surface area contributed by atoms with Crippen LogP contribution in [0.2, 0.25) is 0 Å². The highest BCUT2D eigenvalue weighted by molar-refractivity contribution is 7.88. The number of sulfonamides is 1. The zero-order valence-electron chi connectivity index (χ0n) is 15.8. The van der Waals surface area contributed by atoms with Crippen molar-refractivity contribution in [2.45, 2.75) is 44.4 Å². The first-order chi connectivity index (χ1) is 12.7. The lowest BCUT2D eigenvalue weighted by atomic mass is 9.98. The minimum atomic E-state index is -3.54. The van der Waals surface area contributed by atoms with Crippen LogP contribution in [0.5, 0.6) is 0 Å². The van der Waals surface area contributed by atoms with E-state index in [9.17, 15) is 17.6 Å². The Morgan fingerprint density at radius 1 is 1.26 bits per heavy atom. The topological polar surface area (TPSA) is 77.2 Å². The molecule has 27 heavy (non-hydrogen) atoms. The quantitative estimate of drug-likeness (QED) is 0.775. The first-order valence-corrected chi connectivity index (χ1v) is 10.7. The van der Waals surface area contributed by atoms with Crippen molar-refractivity contribution in [1.29, 1.82) is 0 Å². The van der Waals surface area contributed by atoms with Crippen LogP contribution in [0.25, 0.3) is 0 Å². The number of rotatable bonds is 5. The zero-order valence-corrected chi connectivity index (χ0v) is 16.6. The van der Waals surface area contributed by atoms with E-state index in [-0.39, 0.29) is 23.4 Å². The number of benzene rings is 1. The number of aryl methyl sites for hydroxylation is 1. The van der Waals surface area contributed by atoms with Crippen LogP contribution in [0.3, 0.4) is 0 Å². The summed E-state index contributed by atoms with van der Waals surface area (Å²) in [7, 11) is -1.93. The van der Waals surface area contributed by atoms with Crippen LogP contribution in [0.1, 0.15) is 50.0 Å². The second kappa shape index (κ2) is 7.55. The van der Waals surface area contributed by atoms with E-state index < -0.39 is 15.8 Å². The first-order valence-electron chi connectivity index (χ1n) is 9.06. The van der Waals surface area contributed by atoms with Crippen molar-refractivity contribution in [3.8, 4) is 0 Å². The van der Waals surface area contributed by atoms with Gasteiger partial charge in [-0.15, -0.1) is 0 Å². The molecule has 1 aromatic carbocycles. The number of piperidine rings is 1. The van der Waals surface area contributed by atoms with E-state index in [0.717, 1.165) is 6.42 Å². The van der Waals surface area contributed by atoms with Crippen LogP contribution in [-0.2, 0) is 22.8 Å². The van der Waals surface area contributed by atoms with E-state index in [1.807, 2.05) is 13.8 Å². The lowest BCUT2D eigenvalue weighted by Gasteiger charge is -2.31. The Morgan fingerprint density at radius 3 is 2.56 bits per heavy atom. The van der Waals surface area contributed by atoms with Gasteiger partial charge in [-0.3, -0.25) is 4.57 Å². The maximum atomic E-state index is 13.1. The summed E-state index contributed by atoms with van der Waals surface area (Å²) in [6.45, 7) is 4.57. The number of hydrogen-bond acceptors (Lipinski definition) is 4. The highest BCUT2D eigenvalue weighted by Crippen LogP contribution is 2.28. The van der Waals surface area contributed by atoms with Gasteiger partial charge < -0.3 is 0 Å². The molecule has 7 nitrogen and oxygen atoms in total. The molecule has 2 heterocycles. The van der Waals surface area contributed by atoms with Crippen molar-refractivity contribution in [2.24, 2.45) is 7.05 Å². The molecule has 2 aromatic rings. The summed E-state index contributed by atoms with van der Waals surface area (Å²) in [4.78, 5) is 12.3. The Bertz CT molecular complexity index is 963. The summed E-state index contributed by atoms with van der Waals surface area (Å²) >= 11 is 0. The van der Waals surface area contributed by atoms with Crippen molar-refractivity contribution in [2.75, 3.05) is 13.1 Å². The van der Waals surface area contributed by atoms with Gasteiger partial charge in [0.1, 0.15) is 11.6 Å². The largest absolute Gasteiger partial charge is 0.345 e. The molecule has 1 fully saturated rings. The van der Waals surface area contributed by atoms with Gasteiger partial charge in [0.15, 0.2) is 0 Å².